The van der Waals surface area contributed by atoms with Crippen molar-refractivity contribution in [2.24, 2.45) is 56.7 Å². The van der Waals surface area contributed by atoms with Crippen LogP contribution in [0.15, 0.2) is 30.3 Å². The van der Waals surface area contributed by atoms with E-state index in [1.54, 1.807) is 0 Å². The molecule has 5 saturated carbocycles. The molecule has 1 saturated heterocycles. The number of rotatable bonds is 6. The molecule has 0 aromatic heterocycles. The van der Waals surface area contributed by atoms with Gasteiger partial charge in [0.05, 0.1) is 30.7 Å². The molecule has 1 heterocycles. The minimum Gasteiger partial charge on any atom is -0.465 e. The van der Waals surface area contributed by atoms with Gasteiger partial charge >= 0.3 is 5.97 Å². The summed E-state index contributed by atoms with van der Waals surface area (Å²) in [5, 5.41) is 3.76. The van der Waals surface area contributed by atoms with Crippen molar-refractivity contribution in [1.82, 2.24) is 10.2 Å². The monoisotopic (exact) mass is 732 g/mol. The highest BCUT2D eigenvalue weighted by Crippen LogP contribution is 2.78. The summed E-state index contributed by atoms with van der Waals surface area (Å²) in [6.07, 6.45) is 15.9. The Balaban J connectivity index is 1.07. The van der Waals surface area contributed by atoms with E-state index in [2.05, 4.69) is 70.0 Å². The van der Waals surface area contributed by atoms with Gasteiger partial charge in [0, 0.05) is 18.6 Å². The molecule has 6 fully saturated rings. The molecule has 8 rings (SSSR count). The zero-order chi connectivity index (χ0) is 37.1. The fourth-order valence-electron chi connectivity index (χ4n) is 14.6. The van der Waals surface area contributed by atoms with Gasteiger partial charge in [0.25, 0.3) is 0 Å². The van der Waals surface area contributed by atoms with Gasteiger partial charge in [-0.3, -0.25) is 9.69 Å². The van der Waals surface area contributed by atoms with E-state index in [-0.39, 0.29) is 50.6 Å². The standard InChI is InChI=1S/C44H64N2O5S/c1-39(2)31(29-8-10-30(11-9-29)38(48)51-7)14-17-41(4)34(39)16-18-43(6)35(41)13-12-33-37-32(40(3)20-21-40)15-19-44(37,23-22-42(33,43)5)45-36(47)28-46-24-26-52(49,50)27-25-46/h8-11,14,32-35,37H,12-13,15-28H2,1-7H3,(H,45,47). The van der Waals surface area contributed by atoms with E-state index in [9.17, 15) is 18.0 Å². The van der Waals surface area contributed by atoms with Crippen molar-refractivity contribution in [3.05, 3.63) is 41.5 Å². The van der Waals surface area contributed by atoms with Crippen molar-refractivity contribution >= 4 is 27.3 Å². The first-order chi connectivity index (χ1) is 24.4. The number of amides is 1. The quantitative estimate of drug-likeness (QED) is 0.299. The fourth-order valence-corrected chi connectivity index (χ4v) is 15.9. The highest BCUT2D eigenvalue weighted by molar-refractivity contribution is 7.91. The van der Waals surface area contributed by atoms with Crippen LogP contribution in [0.5, 0.6) is 0 Å². The summed E-state index contributed by atoms with van der Waals surface area (Å²) < 4.78 is 29.1. The van der Waals surface area contributed by atoms with E-state index in [1.165, 1.54) is 69.6 Å². The molecule has 0 spiro atoms. The first-order valence-corrected chi connectivity index (χ1v) is 22.4. The Labute approximate surface area is 313 Å². The Morgan fingerprint density at radius 3 is 2.15 bits per heavy atom. The Morgan fingerprint density at radius 2 is 1.50 bits per heavy atom. The van der Waals surface area contributed by atoms with Crippen LogP contribution in [-0.2, 0) is 19.4 Å². The van der Waals surface area contributed by atoms with E-state index in [0.717, 1.165) is 19.3 Å². The number of carbonyl (C=O) groups is 2. The van der Waals surface area contributed by atoms with Gasteiger partial charge in [0.15, 0.2) is 9.84 Å². The first-order valence-electron chi connectivity index (χ1n) is 20.5. The van der Waals surface area contributed by atoms with Crippen molar-refractivity contribution in [3.8, 4) is 0 Å². The number of fused-ring (bicyclic) bond motifs is 7. The summed E-state index contributed by atoms with van der Waals surface area (Å²) >= 11 is 0. The summed E-state index contributed by atoms with van der Waals surface area (Å²) in [5.74, 6) is 3.13. The molecule has 7 aliphatic rings. The predicted molar refractivity (Wildman–Crippen MR) is 206 cm³/mol. The number of methoxy groups -OCH3 is 1. The zero-order valence-corrected chi connectivity index (χ0v) is 33.8. The van der Waals surface area contributed by atoms with Crippen LogP contribution in [0.2, 0.25) is 0 Å². The number of carbonyl (C=O) groups excluding carboxylic acids is 2. The number of nitrogens with one attached hydrogen (secondary N) is 1. The molecule has 1 amide bonds. The summed E-state index contributed by atoms with van der Waals surface area (Å²) in [4.78, 5) is 28.1. The Hall–Kier alpha value is -2.19. The molecule has 286 valence electrons. The normalized spacial score (nSPS) is 42.8. The lowest BCUT2D eigenvalue weighted by Gasteiger charge is -2.72. The van der Waals surface area contributed by atoms with Crippen molar-refractivity contribution in [2.45, 2.75) is 118 Å². The maximum atomic E-state index is 13.9. The van der Waals surface area contributed by atoms with Gasteiger partial charge < -0.3 is 10.1 Å². The molecule has 1 aromatic carbocycles. The molecule has 52 heavy (non-hydrogen) atoms. The molecule has 1 N–H and O–H groups in total. The second kappa shape index (κ2) is 12.2. The summed E-state index contributed by atoms with van der Waals surface area (Å²) in [7, 11) is -1.54. The summed E-state index contributed by atoms with van der Waals surface area (Å²) in [5.41, 5.74) is 4.18. The minimum absolute atomic E-state index is 0.0144. The summed E-state index contributed by atoms with van der Waals surface area (Å²) in [6.45, 7) is 16.8. The average Bonchev–Trinajstić information content (AvgIpc) is 3.72. The van der Waals surface area contributed by atoms with Gasteiger partial charge in [-0.15, -0.1) is 0 Å². The van der Waals surface area contributed by atoms with Crippen LogP contribution < -0.4 is 5.32 Å². The van der Waals surface area contributed by atoms with Gasteiger partial charge in [0.1, 0.15) is 0 Å². The number of esters is 1. The topological polar surface area (TPSA) is 92.8 Å². The lowest BCUT2D eigenvalue weighted by Crippen LogP contribution is -2.68. The molecule has 8 heteroatoms. The third kappa shape index (κ3) is 5.44. The molecule has 0 radical (unpaired) electrons. The van der Waals surface area contributed by atoms with Gasteiger partial charge in [0.2, 0.25) is 5.91 Å². The number of ether oxygens (including phenoxy) is 1. The van der Waals surface area contributed by atoms with Gasteiger partial charge in [-0.1, -0.05) is 59.8 Å². The largest absolute Gasteiger partial charge is 0.465 e. The number of benzene rings is 1. The van der Waals surface area contributed by atoms with Crippen LogP contribution in [0.3, 0.4) is 0 Å². The highest BCUT2D eigenvalue weighted by atomic mass is 32.2. The fraction of sp³-hybridized carbons (Fsp3) is 0.773. The predicted octanol–water partition coefficient (Wildman–Crippen LogP) is 7.95. The minimum atomic E-state index is -2.98. The van der Waals surface area contributed by atoms with E-state index in [4.69, 9.17) is 4.74 Å². The molecule has 1 aliphatic heterocycles. The van der Waals surface area contributed by atoms with E-state index in [1.807, 2.05) is 12.1 Å². The smallest absolute Gasteiger partial charge is 0.337 e. The van der Waals surface area contributed by atoms with Crippen LogP contribution >= 0.6 is 0 Å². The van der Waals surface area contributed by atoms with Crippen LogP contribution in [0.25, 0.3) is 5.57 Å². The van der Waals surface area contributed by atoms with Crippen molar-refractivity contribution < 1.29 is 22.7 Å². The van der Waals surface area contributed by atoms with Crippen molar-refractivity contribution in [2.75, 3.05) is 38.2 Å². The Kier molecular flexibility index (Phi) is 8.59. The molecular formula is C44H64N2O5S. The molecule has 9 unspecified atom stereocenters. The molecule has 6 aliphatic carbocycles. The van der Waals surface area contributed by atoms with Crippen LogP contribution in [-0.4, -0.2) is 69.0 Å². The van der Waals surface area contributed by atoms with Gasteiger partial charge in [-0.25, -0.2) is 13.2 Å². The third-order valence-corrected chi connectivity index (χ3v) is 19.4. The van der Waals surface area contributed by atoms with E-state index in [0.29, 0.717) is 60.2 Å². The SMILES string of the molecule is COC(=O)c1ccc(C2=CCC3(C)C(CCC4(C)C3CCC3C5C(C6(C)CC6)CCC5(NC(=O)CN5CCS(=O)(=O)CC5)CCC34C)C2(C)C)cc1. The number of hydrogen-bond donors (Lipinski definition) is 1. The maximum absolute atomic E-state index is 13.9. The summed E-state index contributed by atoms with van der Waals surface area (Å²) in [6, 6.07) is 8.06. The van der Waals surface area contributed by atoms with Crippen LogP contribution in [0.1, 0.15) is 128 Å². The Morgan fingerprint density at radius 1 is 0.808 bits per heavy atom. The molecule has 0 bridgehead atoms. The number of sulfone groups is 1. The first kappa shape index (κ1) is 36.8. The van der Waals surface area contributed by atoms with Crippen molar-refractivity contribution in [1.29, 1.82) is 0 Å². The van der Waals surface area contributed by atoms with Crippen LogP contribution in [0, 0.1) is 56.7 Å². The molecule has 9 atom stereocenters. The number of nitrogens with zero attached hydrogens (tertiary/aromatic N) is 1. The van der Waals surface area contributed by atoms with E-state index >= 15 is 0 Å². The van der Waals surface area contributed by atoms with Crippen LogP contribution in [0.4, 0.5) is 0 Å². The van der Waals surface area contributed by atoms with Gasteiger partial charge in [-0.2, -0.15) is 0 Å². The second-order valence-electron chi connectivity index (χ2n) is 20.2. The molecule has 1 aromatic rings. The van der Waals surface area contributed by atoms with Crippen molar-refractivity contribution in [3.63, 3.8) is 0 Å². The number of allylic oxidation sites excluding steroid dienone is 2. The maximum Gasteiger partial charge on any atom is 0.337 e. The molecule has 7 nitrogen and oxygen atoms in total. The lowest BCUT2D eigenvalue weighted by molar-refractivity contribution is -0.222. The average molecular weight is 733 g/mol. The highest BCUT2D eigenvalue weighted by Gasteiger charge is 2.72. The number of hydrogen-bond acceptors (Lipinski definition) is 6. The third-order valence-electron chi connectivity index (χ3n) is 17.8. The second-order valence-corrected chi connectivity index (χ2v) is 22.5. The van der Waals surface area contributed by atoms with E-state index < -0.39 is 9.84 Å². The molecular weight excluding hydrogens is 669 g/mol. The van der Waals surface area contributed by atoms with Gasteiger partial charge in [-0.05, 0) is 151 Å². The Bertz CT molecular complexity index is 1750. The zero-order valence-electron chi connectivity index (χ0n) is 33.0. The lowest BCUT2D eigenvalue weighted by atomic mass is 9.32.